The molecule has 2 atom stereocenters. The van der Waals surface area contributed by atoms with Crippen molar-refractivity contribution in [1.82, 2.24) is 4.90 Å². The van der Waals surface area contributed by atoms with Crippen LogP contribution in [0.5, 0.6) is 0 Å². The van der Waals surface area contributed by atoms with Gasteiger partial charge in [0.05, 0.1) is 18.6 Å². The molecule has 1 aliphatic carbocycles. The lowest BCUT2D eigenvalue weighted by Crippen LogP contribution is -2.49. The van der Waals surface area contributed by atoms with E-state index in [-0.39, 0.29) is 30.0 Å². The Morgan fingerprint density at radius 3 is 2.20 bits per heavy atom. The number of carbonyl (C=O) groups excluding carboxylic acids is 1. The number of carboxylic acid groups (broad SMARTS) is 1. The molecule has 2 rings (SSSR count). The summed E-state index contributed by atoms with van der Waals surface area (Å²) < 4.78 is 5.64. The topological polar surface area (TPSA) is 66.8 Å². The fourth-order valence-corrected chi connectivity index (χ4v) is 3.68. The molecule has 2 unspecified atom stereocenters. The molecule has 1 amide bonds. The van der Waals surface area contributed by atoms with Gasteiger partial charge in [0.25, 0.3) is 0 Å². The quantitative estimate of drug-likeness (QED) is 0.857. The van der Waals surface area contributed by atoms with E-state index in [9.17, 15) is 9.59 Å². The first-order valence-corrected chi connectivity index (χ1v) is 7.55. The van der Waals surface area contributed by atoms with Gasteiger partial charge >= 0.3 is 5.97 Å². The summed E-state index contributed by atoms with van der Waals surface area (Å²) in [7, 11) is 0. The summed E-state index contributed by atoms with van der Waals surface area (Å²) in [6, 6.07) is 0. The maximum absolute atomic E-state index is 12.5. The van der Waals surface area contributed by atoms with Crippen molar-refractivity contribution in [2.75, 3.05) is 13.1 Å². The summed E-state index contributed by atoms with van der Waals surface area (Å²) in [6.07, 6.45) is 4.41. The summed E-state index contributed by atoms with van der Waals surface area (Å²) in [5, 5.41) is 9.10. The molecule has 0 aromatic carbocycles. The molecule has 5 nitrogen and oxygen atoms in total. The van der Waals surface area contributed by atoms with Crippen molar-refractivity contribution in [2.24, 2.45) is 5.41 Å². The van der Waals surface area contributed by atoms with E-state index in [0.29, 0.717) is 19.5 Å². The predicted molar refractivity (Wildman–Crippen MR) is 74.4 cm³/mol. The van der Waals surface area contributed by atoms with E-state index in [1.165, 1.54) is 0 Å². The van der Waals surface area contributed by atoms with Crippen LogP contribution in [0.4, 0.5) is 0 Å². The summed E-state index contributed by atoms with van der Waals surface area (Å²) in [5.74, 6) is -0.696. The number of ether oxygens (including phenoxy) is 1. The van der Waals surface area contributed by atoms with Gasteiger partial charge in [0.2, 0.25) is 5.91 Å². The molecule has 0 aromatic heterocycles. The molecular weight excluding hydrogens is 258 g/mol. The minimum Gasteiger partial charge on any atom is -0.481 e. The van der Waals surface area contributed by atoms with Crippen LogP contribution in [0.15, 0.2) is 0 Å². The first kappa shape index (κ1) is 15.3. The molecule has 114 valence electrons. The molecular formula is C15H25NO4. The Bertz CT molecular complexity index is 366. The van der Waals surface area contributed by atoms with Crippen molar-refractivity contribution >= 4 is 11.9 Å². The molecule has 1 saturated carbocycles. The van der Waals surface area contributed by atoms with Gasteiger partial charge in [-0.25, -0.2) is 0 Å². The van der Waals surface area contributed by atoms with Crippen LogP contribution in [-0.4, -0.2) is 47.2 Å². The lowest BCUT2D eigenvalue weighted by Gasteiger charge is -2.37. The van der Waals surface area contributed by atoms with Gasteiger partial charge in [0, 0.05) is 19.5 Å². The van der Waals surface area contributed by atoms with Crippen molar-refractivity contribution in [3.63, 3.8) is 0 Å². The molecule has 0 aromatic rings. The number of hydrogen-bond donors (Lipinski definition) is 1. The number of rotatable bonds is 4. The van der Waals surface area contributed by atoms with E-state index in [0.717, 1.165) is 25.7 Å². The Morgan fingerprint density at radius 1 is 1.15 bits per heavy atom. The van der Waals surface area contributed by atoms with Gasteiger partial charge in [-0.3, -0.25) is 9.59 Å². The van der Waals surface area contributed by atoms with Crippen LogP contribution in [-0.2, 0) is 14.3 Å². The van der Waals surface area contributed by atoms with Crippen molar-refractivity contribution in [3.8, 4) is 0 Å². The van der Waals surface area contributed by atoms with Crippen LogP contribution in [0.3, 0.4) is 0 Å². The third kappa shape index (κ3) is 3.72. The number of morpholine rings is 1. The summed E-state index contributed by atoms with van der Waals surface area (Å²) >= 11 is 0. The number of aliphatic carboxylic acids is 1. The van der Waals surface area contributed by atoms with Crippen molar-refractivity contribution in [3.05, 3.63) is 0 Å². The first-order chi connectivity index (χ1) is 9.40. The highest BCUT2D eigenvalue weighted by Gasteiger charge is 2.39. The van der Waals surface area contributed by atoms with E-state index in [2.05, 4.69) is 0 Å². The van der Waals surface area contributed by atoms with Crippen LogP contribution in [0.1, 0.15) is 52.4 Å². The number of nitrogens with zero attached hydrogens (tertiary/aromatic N) is 1. The lowest BCUT2D eigenvalue weighted by atomic mass is 9.79. The molecule has 1 N–H and O–H groups in total. The fourth-order valence-electron chi connectivity index (χ4n) is 3.68. The lowest BCUT2D eigenvalue weighted by molar-refractivity contribution is -0.147. The molecule has 20 heavy (non-hydrogen) atoms. The predicted octanol–water partition coefficient (Wildman–Crippen LogP) is 2.05. The van der Waals surface area contributed by atoms with E-state index >= 15 is 0 Å². The van der Waals surface area contributed by atoms with Gasteiger partial charge in [-0.05, 0) is 32.1 Å². The molecule has 2 fully saturated rings. The summed E-state index contributed by atoms with van der Waals surface area (Å²) in [6.45, 7) is 5.18. The minimum absolute atomic E-state index is 0.0571. The second-order valence-corrected chi connectivity index (χ2v) is 6.51. The molecule has 0 radical (unpaired) electrons. The Kier molecular flexibility index (Phi) is 4.68. The summed E-state index contributed by atoms with van der Waals surface area (Å²) in [5.41, 5.74) is -0.312. The zero-order valence-electron chi connectivity index (χ0n) is 12.4. The Labute approximate surface area is 120 Å². The first-order valence-electron chi connectivity index (χ1n) is 7.55. The van der Waals surface area contributed by atoms with Crippen molar-refractivity contribution in [2.45, 2.75) is 64.6 Å². The second kappa shape index (κ2) is 6.12. The van der Waals surface area contributed by atoms with Crippen LogP contribution in [0.2, 0.25) is 0 Å². The Balaban J connectivity index is 1.99. The van der Waals surface area contributed by atoms with E-state index < -0.39 is 5.97 Å². The molecule has 2 aliphatic rings. The van der Waals surface area contributed by atoms with E-state index in [4.69, 9.17) is 9.84 Å². The number of carboxylic acids is 1. The highest BCUT2D eigenvalue weighted by Crippen LogP contribution is 2.44. The Morgan fingerprint density at radius 2 is 1.70 bits per heavy atom. The number of amides is 1. The summed E-state index contributed by atoms with van der Waals surface area (Å²) in [4.78, 5) is 25.4. The maximum atomic E-state index is 12.5. The zero-order valence-corrected chi connectivity index (χ0v) is 12.4. The minimum atomic E-state index is -0.789. The van der Waals surface area contributed by atoms with Crippen LogP contribution >= 0.6 is 0 Å². The number of carbonyl (C=O) groups is 2. The highest BCUT2D eigenvalue weighted by atomic mass is 16.5. The zero-order chi connectivity index (χ0) is 14.8. The standard InChI is InChI=1S/C15H25NO4/c1-11-9-16(10-12(2)20-11)13(17)7-15(8-14(18)19)5-3-4-6-15/h11-12H,3-10H2,1-2H3,(H,18,19). The van der Waals surface area contributed by atoms with Crippen LogP contribution < -0.4 is 0 Å². The largest absolute Gasteiger partial charge is 0.481 e. The number of hydrogen-bond acceptors (Lipinski definition) is 3. The average Bonchev–Trinajstić information content (AvgIpc) is 2.74. The molecule has 0 bridgehead atoms. The van der Waals surface area contributed by atoms with Crippen LogP contribution in [0.25, 0.3) is 0 Å². The molecule has 1 saturated heterocycles. The smallest absolute Gasteiger partial charge is 0.303 e. The van der Waals surface area contributed by atoms with Crippen molar-refractivity contribution in [1.29, 1.82) is 0 Å². The third-order valence-electron chi connectivity index (χ3n) is 4.49. The fraction of sp³-hybridized carbons (Fsp3) is 0.867. The van der Waals surface area contributed by atoms with Crippen LogP contribution in [0, 0.1) is 5.41 Å². The normalized spacial score (nSPS) is 29.4. The van der Waals surface area contributed by atoms with Gasteiger partial charge in [0.1, 0.15) is 0 Å². The third-order valence-corrected chi connectivity index (χ3v) is 4.49. The second-order valence-electron chi connectivity index (χ2n) is 6.51. The molecule has 0 spiro atoms. The maximum Gasteiger partial charge on any atom is 0.303 e. The molecule has 1 aliphatic heterocycles. The van der Waals surface area contributed by atoms with Crippen molar-refractivity contribution < 1.29 is 19.4 Å². The molecule has 1 heterocycles. The van der Waals surface area contributed by atoms with E-state index in [1.807, 2.05) is 18.7 Å². The van der Waals surface area contributed by atoms with E-state index in [1.54, 1.807) is 0 Å². The van der Waals surface area contributed by atoms with Gasteiger partial charge in [0.15, 0.2) is 0 Å². The van der Waals surface area contributed by atoms with Gasteiger partial charge < -0.3 is 14.7 Å². The van der Waals surface area contributed by atoms with Gasteiger partial charge in [-0.1, -0.05) is 12.8 Å². The average molecular weight is 283 g/mol. The van der Waals surface area contributed by atoms with Gasteiger partial charge in [-0.2, -0.15) is 0 Å². The van der Waals surface area contributed by atoms with Gasteiger partial charge in [-0.15, -0.1) is 0 Å². The Hall–Kier alpha value is -1.10. The SMILES string of the molecule is CC1CN(C(=O)CC2(CC(=O)O)CCCC2)CC(C)O1. The monoisotopic (exact) mass is 283 g/mol. The highest BCUT2D eigenvalue weighted by molar-refractivity contribution is 5.78. The molecule has 5 heteroatoms.